The molecular formula is C14H14BrClN2O. The lowest BCUT2D eigenvalue weighted by atomic mass is 9.90. The Morgan fingerprint density at radius 3 is 2.53 bits per heavy atom. The van der Waals surface area contributed by atoms with E-state index in [1.54, 1.807) is 4.68 Å². The van der Waals surface area contributed by atoms with E-state index < -0.39 is 0 Å². The highest BCUT2D eigenvalue weighted by molar-refractivity contribution is 9.10. The predicted octanol–water partition coefficient (Wildman–Crippen LogP) is 4.40. The monoisotopic (exact) mass is 340 g/mol. The van der Waals surface area contributed by atoms with Gasteiger partial charge in [0.05, 0.1) is 16.9 Å². The summed E-state index contributed by atoms with van der Waals surface area (Å²) < 4.78 is 2.53. The van der Waals surface area contributed by atoms with E-state index in [2.05, 4.69) is 21.0 Å². The average Bonchev–Trinajstić information content (AvgIpc) is 2.66. The summed E-state index contributed by atoms with van der Waals surface area (Å²) in [5.74, 6) is 0. The molecule has 0 radical (unpaired) electrons. The number of aldehydes is 1. The second-order valence-electron chi connectivity index (χ2n) is 5.31. The van der Waals surface area contributed by atoms with E-state index in [1.807, 2.05) is 45.0 Å². The summed E-state index contributed by atoms with van der Waals surface area (Å²) in [6.45, 7) is 6.01. The Morgan fingerprint density at radius 2 is 2.05 bits per heavy atom. The number of benzene rings is 1. The normalized spacial score (nSPS) is 11.6. The van der Waals surface area contributed by atoms with E-state index in [4.69, 9.17) is 11.6 Å². The molecule has 1 aromatic heterocycles. The third kappa shape index (κ3) is 2.74. The fraction of sp³-hybridized carbons (Fsp3) is 0.286. The molecule has 100 valence electrons. The van der Waals surface area contributed by atoms with Crippen molar-refractivity contribution in [1.29, 1.82) is 0 Å². The number of carbonyl (C=O) groups is 1. The van der Waals surface area contributed by atoms with Gasteiger partial charge in [0.25, 0.3) is 0 Å². The molecule has 0 aliphatic rings. The third-order valence-electron chi connectivity index (χ3n) is 2.74. The van der Waals surface area contributed by atoms with Crippen LogP contribution in [0.5, 0.6) is 0 Å². The van der Waals surface area contributed by atoms with E-state index in [-0.39, 0.29) is 5.41 Å². The molecule has 0 bridgehead atoms. The van der Waals surface area contributed by atoms with Crippen LogP contribution in [0.2, 0.25) is 5.15 Å². The smallest absolute Gasteiger partial charge is 0.155 e. The van der Waals surface area contributed by atoms with Crippen molar-refractivity contribution in [2.24, 2.45) is 0 Å². The quantitative estimate of drug-likeness (QED) is 0.759. The molecule has 0 N–H and O–H groups in total. The fourth-order valence-electron chi connectivity index (χ4n) is 1.85. The van der Waals surface area contributed by atoms with Gasteiger partial charge in [-0.2, -0.15) is 5.10 Å². The minimum Gasteiger partial charge on any atom is -0.298 e. The Balaban J connectivity index is 2.66. The van der Waals surface area contributed by atoms with Crippen molar-refractivity contribution in [3.63, 3.8) is 0 Å². The lowest BCUT2D eigenvalue weighted by Crippen LogP contribution is -2.14. The minimum atomic E-state index is -0.239. The highest BCUT2D eigenvalue weighted by Gasteiger charge is 2.26. The first-order valence-corrected chi connectivity index (χ1v) is 7.02. The zero-order valence-electron chi connectivity index (χ0n) is 10.9. The van der Waals surface area contributed by atoms with Gasteiger partial charge in [0.2, 0.25) is 0 Å². The van der Waals surface area contributed by atoms with Gasteiger partial charge in [0, 0.05) is 9.89 Å². The molecule has 1 aromatic carbocycles. The topological polar surface area (TPSA) is 34.9 Å². The molecule has 0 fully saturated rings. The second kappa shape index (κ2) is 5.10. The Morgan fingerprint density at radius 1 is 1.37 bits per heavy atom. The molecule has 0 atom stereocenters. The Labute approximate surface area is 125 Å². The maximum Gasteiger partial charge on any atom is 0.155 e. The van der Waals surface area contributed by atoms with Crippen molar-refractivity contribution in [3.05, 3.63) is 45.1 Å². The number of nitrogens with zero attached hydrogens (tertiary/aromatic N) is 2. The van der Waals surface area contributed by atoms with E-state index in [1.165, 1.54) is 0 Å². The van der Waals surface area contributed by atoms with Crippen molar-refractivity contribution in [1.82, 2.24) is 9.78 Å². The molecule has 0 aliphatic heterocycles. The molecule has 2 aromatic rings. The Kier molecular flexibility index (Phi) is 3.83. The summed E-state index contributed by atoms with van der Waals surface area (Å²) >= 11 is 9.69. The summed E-state index contributed by atoms with van der Waals surface area (Å²) in [6.07, 6.45) is 0.768. The number of carbonyl (C=O) groups excluding carboxylic acids is 1. The number of hydrogen-bond acceptors (Lipinski definition) is 2. The third-order valence-corrected chi connectivity index (χ3v) is 3.60. The minimum absolute atomic E-state index is 0.239. The van der Waals surface area contributed by atoms with Crippen LogP contribution in [0.4, 0.5) is 0 Å². The number of hydrogen-bond donors (Lipinski definition) is 0. The first-order chi connectivity index (χ1) is 8.84. The molecule has 0 saturated carbocycles. The lowest BCUT2D eigenvalue weighted by Gasteiger charge is -2.15. The zero-order chi connectivity index (χ0) is 14.2. The highest BCUT2D eigenvalue weighted by atomic mass is 79.9. The van der Waals surface area contributed by atoms with Crippen molar-refractivity contribution in [2.75, 3.05) is 0 Å². The van der Waals surface area contributed by atoms with E-state index in [0.29, 0.717) is 16.4 Å². The van der Waals surface area contributed by atoms with Crippen LogP contribution in [0.15, 0.2) is 28.7 Å². The molecule has 3 nitrogen and oxygen atoms in total. The first-order valence-electron chi connectivity index (χ1n) is 5.84. The van der Waals surface area contributed by atoms with Crippen molar-refractivity contribution in [2.45, 2.75) is 26.2 Å². The molecule has 0 amide bonds. The molecule has 2 rings (SSSR count). The van der Waals surface area contributed by atoms with Gasteiger partial charge < -0.3 is 0 Å². The Bertz CT molecular complexity index is 629. The number of rotatable bonds is 2. The van der Waals surface area contributed by atoms with Crippen LogP contribution in [0.25, 0.3) is 5.69 Å². The molecule has 0 aliphatic carbocycles. The van der Waals surface area contributed by atoms with Crippen LogP contribution in [-0.2, 0) is 5.41 Å². The summed E-state index contributed by atoms with van der Waals surface area (Å²) in [4.78, 5) is 11.3. The summed E-state index contributed by atoms with van der Waals surface area (Å²) in [5, 5.41) is 4.84. The molecule has 1 heterocycles. The van der Waals surface area contributed by atoms with E-state index in [9.17, 15) is 4.79 Å². The second-order valence-corrected chi connectivity index (χ2v) is 6.59. The predicted molar refractivity (Wildman–Crippen MR) is 80.4 cm³/mol. The van der Waals surface area contributed by atoms with Crippen LogP contribution in [0.3, 0.4) is 0 Å². The van der Waals surface area contributed by atoms with Gasteiger partial charge in [-0.25, -0.2) is 4.68 Å². The van der Waals surface area contributed by atoms with E-state index in [0.717, 1.165) is 16.4 Å². The van der Waals surface area contributed by atoms with E-state index >= 15 is 0 Å². The molecule has 0 unspecified atom stereocenters. The molecular weight excluding hydrogens is 328 g/mol. The Hall–Kier alpha value is -1.13. The van der Waals surface area contributed by atoms with Crippen molar-refractivity contribution < 1.29 is 4.79 Å². The molecule has 19 heavy (non-hydrogen) atoms. The van der Waals surface area contributed by atoms with Gasteiger partial charge in [0.1, 0.15) is 5.15 Å². The SMILES string of the molecule is CC(C)(C)c1nn(-c2cccc(Br)c2)c(Cl)c1C=O. The standard InChI is InChI=1S/C14H14BrClN2O/c1-14(2,3)12-11(8-19)13(16)18(17-12)10-6-4-5-9(15)7-10/h4-8H,1-3H3. The largest absolute Gasteiger partial charge is 0.298 e. The summed E-state index contributed by atoms with van der Waals surface area (Å²) in [5.41, 5.74) is 1.73. The average molecular weight is 342 g/mol. The van der Waals surface area contributed by atoms with Crippen LogP contribution < -0.4 is 0 Å². The van der Waals surface area contributed by atoms with Crippen LogP contribution in [-0.4, -0.2) is 16.1 Å². The lowest BCUT2D eigenvalue weighted by molar-refractivity contribution is 0.112. The number of aromatic nitrogens is 2. The maximum atomic E-state index is 11.3. The van der Waals surface area contributed by atoms with Gasteiger partial charge in [-0.3, -0.25) is 4.79 Å². The van der Waals surface area contributed by atoms with Gasteiger partial charge in [-0.15, -0.1) is 0 Å². The summed E-state index contributed by atoms with van der Waals surface area (Å²) in [7, 11) is 0. The molecule has 0 spiro atoms. The van der Waals surface area contributed by atoms with Gasteiger partial charge in [-0.1, -0.05) is 54.4 Å². The van der Waals surface area contributed by atoms with Crippen molar-refractivity contribution in [3.8, 4) is 5.69 Å². The highest BCUT2D eigenvalue weighted by Crippen LogP contribution is 2.30. The number of halogens is 2. The van der Waals surface area contributed by atoms with Crippen molar-refractivity contribution >= 4 is 33.8 Å². The summed E-state index contributed by atoms with van der Waals surface area (Å²) in [6, 6.07) is 7.62. The molecule has 0 saturated heterocycles. The fourth-order valence-corrected chi connectivity index (χ4v) is 2.50. The first kappa shape index (κ1) is 14.3. The van der Waals surface area contributed by atoms with Crippen LogP contribution >= 0.6 is 27.5 Å². The van der Waals surface area contributed by atoms with Gasteiger partial charge in [-0.05, 0) is 18.2 Å². The zero-order valence-corrected chi connectivity index (χ0v) is 13.3. The maximum absolute atomic E-state index is 11.3. The van der Waals surface area contributed by atoms with Gasteiger partial charge in [0.15, 0.2) is 6.29 Å². The molecule has 5 heteroatoms. The van der Waals surface area contributed by atoms with Gasteiger partial charge >= 0.3 is 0 Å². The van der Waals surface area contributed by atoms with Crippen LogP contribution in [0, 0.1) is 0 Å². The van der Waals surface area contributed by atoms with Crippen LogP contribution in [0.1, 0.15) is 36.8 Å².